The smallest absolute Gasteiger partial charge is 0.256 e. The first-order chi connectivity index (χ1) is 11.8. The van der Waals surface area contributed by atoms with Crippen LogP contribution in [0.25, 0.3) is 0 Å². The molecule has 2 atom stereocenters. The summed E-state index contributed by atoms with van der Waals surface area (Å²) in [7, 11) is 0. The maximum absolute atomic E-state index is 13.1. The summed E-state index contributed by atoms with van der Waals surface area (Å²) in [6, 6.07) is 2.03. The van der Waals surface area contributed by atoms with Gasteiger partial charge in [0.05, 0.1) is 9.77 Å². The number of nitrogens with one attached hydrogen (secondary N) is 2. The van der Waals surface area contributed by atoms with Crippen molar-refractivity contribution in [3.05, 3.63) is 34.5 Å². The summed E-state index contributed by atoms with van der Waals surface area (Å²) in [5, 5.41) is 12.8. The predicted molar refractivity (Wildman–Crippen MR) is 98.0 cm³/mol. The number of piperidine rings is 1. The van der Waals surface area contributed by atoms with Crippen molar-refractivity contribution in [3.63, 3.8) is 0 Å². The van der Waals surface area contributed by atoms with Gasteiger partial charge in [0.1, 0.15) is 0 Å². The van der Waals surface area contributed by atoms with Crippen LogP contribution in [0.4, 0.5) is 0 Å². The lowest BCUT2D eigenvalue weighted by Gasteiger charge is -2.36. The van der Waals surface area contributed by atoms with Crippen LogP contribution in [0.15, 0.2) is 21.9 Å². The number of aromatic nitrogens is 2. The van der Waals surface area contributed by atoms with E-state index in [0.29, 0.717) is 5.92 Å². The third-order valence-electron chi connectivity index (χ3n) is 5.03. The Balaban J connectivity index is 1.66. The lowest BCUT2D eigenvalue weighted by atomic mass is 9.89. The highest BCUT2D eigenvalue weighted by atomic mass is 32.2. The molecule has 2 aromatic heterocycles. The van der Waals surface area contributed by atoms with Gasteiger partial charge in [0.15, 0.2) is 0 Å². The molecule has 5 nitrogen and oxygen atoms in total. The highest BCUT2D eigenvalue weighted by Gasteiger charge is 2.36. The van der Waals surface area contributed by atoms with Gasteiger partial charge in [-0.3, -0.25) is 9.89 Å². The third-order valence-corrected chi connectivity index (χ3v) is 7.18. The van der Waals surface area contributed by atoms with Crippen molar-refractivity contribution in [2.75, 3.05) is 32.4 Å². The molecule has 7 heteroatoms. The summed E-state index contributed by atoms with van der Waals surface area (Å²) in [4.78, 5) is 15.2. The molecule has 1 amide bonds. The molecule has 128 valence electrons. The van der Waals surface area contributed by atoms with Crippen LogP contribution in [0, 0.1) is 5.92 Å². The van der Waals surface area contributed by atoms with Crippen molar-refractivity contribution < 1.29 is 4.79 Å². The van der Waals surface area contributed by atoms with Crippen LogP contribution in [0.1, 0.15) is 40.4 Å². The summed E-state index contributed by atoms with van der Waals surface area (Å²) >= 11 is 3.36. The molecule has 0 bridgehead atoms. The Morgan fingerprint density at radius 2 is 2.42 bits per heavy atom. The number of H-pyrrole nitrogens is 1. The normalized spacial score (nSPS) is 24.2. The molecule has 1 saturated heterocycles. The lowest BCUT2D eigenvalue weighted by Crippen LogP contribution is -2.45. The molecule has 2 aromatic rings. The van der Waals surface area contributed by atoms with Gasteiger partial charge in [-0.25, -0.2) is 0 Å². The van der Waals surface area contributed by atoms with Crippen molar-refractivity contribution in [1.82, 2.24) is 20.4 Å². The molecular formula is C17H22N4OS2. The zero-order chi connectivity index (χ0) is 16.5. The Morgan fingerprint density at radius 3 is 3.12 bits per heavy atom. The van der Waals surface area contributed by atoms with E-state index in [1.54, 1.807) is 29.3 Å². The van der Waals surface area contributed by atoms with Gasteiger partial charge in [-0.1, -0.05) is 0 Å². The molecule has 1 fully saturated rings. The van der Waals surface area contributed by atoms with Gasteiger partial charge >= 0.3 is 0 Å². The standard InChI is InChI=1S/C17H22N4OS2/c1-23-17-15-13(10-24-17)12(14-4-6-19-20-14)9-21(16(15)22)8-11-3-2-5-18-7-11/h4,6,10-12,18H,2-3,5,7-9H2,1H3,(H,19,20). The van der Waals surface area contributed by atoms with E-state index in [1.165, 1.54) is 12.8 Å². The minimum atomic E-state index is 0.203. The van der Waals surface area contributed by atoms with Crippen LogP contribution in [0.5, 0.6) is 0 Å². The molecule has 2 N–H and O–H groups in total. The summed E-state index contributed by atoms with van der Waals surface area (Å²) in [5.41, 5.74) is 3.18. The highest BCUT2D eigenvalue weighted by molar-refractivity contribution is 8.00. The van der Waals surface area contributed by atoms with Crippen molar-refractivity contribution in [3.8, 4) is 0 Å². The average Bonchev–Trinajstić information content (AvgIpc) is 3.28. The number of thioether (sulfide) groups is 1. The number of hydrogen-bond acceptors (Lipinski definition) is 5. The molecular weight excluding hydrogens is 340 g/mol. The van der Waals surface area contributed by atoms with Crippen molar-refractivity contribution in [2.45, 2.75) is 23.0 Å². The van der Waals surface area contributed by atoms with Crippen LogP contribution in [0.3, 0.4) is 0 Å². The molecule has 2 aliphatic heterocycles. The SMILES string of the molecule is CSc1scc2c1C(=O)N(CC1CCCNC1)CC2c1ccn[nH]1. The monoisotopic (exact) mass is 362 g/mol. The Labute approximate surface area is 150 Å². The topological polar surface area (TPSA) is 61.0 Å². The van der Waals surface area contributed by atoms with Crippen LogP contribution in [-0.4, -0.2) is 53.4 Å². The fourth-order valence-electron chi connectivity index (χ4n) is 3.81. The number of fused-ring (bicyclic) bond motifs is 1. The van der Waals surface area contributed by atoms with E-state index >= 15 is 0 Å². The second-order valence-electron chi connectivity index (χ2n) is 6.54. The summed E-state index contributed by atoms with van der Waals surface area (Å²) < 4.78 is 1.13. The van der Waals surface area contributed by atoms with Crippen molar-refractivity contribution >= 4 is 29.0 Å². The van der Waals surface area contributed by atoms with Gasteiger partial charge in [-0.15, -0.1) is 23.1 Å². The molecule has 2 aliphatic rings. The number of rotatable bonds is 4. The first-order valence-electron chi connectivity index (χ1n) is 8.42. The average molecular weight is 363 g/mol. The zero-order valence-corrected chi connectivity index (χ0v) is 15.4. The maximum atomic E-state index is 13.1. The minimum absolute atomic E-state index is 0.203. The van der Waals surface area contributed by atoms with Crippen LogP contribution < -0.4 is 5.32 Å². The number of nitrogens with zero attached hydrogens (tertiary/aromatic N) is 2. The lowest BCUT2D eigenvalue weighted by molar-refractivity contribution is 0.0687. The molecule has 0 aliphatic carbocycles. The number of thiophene rings is 1. The van der Waals surface area contributed by atoms with E-state index in [1.807, 2.05) is 6.07 Å². The second kappa shape index (κ2) is 6.90. The molecule has 0 spiro atoms. The fraction of sp³-hybridized carbons (Fsp3) is 0.529. The van der Waals surface area contributed by atoms with Crippen LogP contribution >= 0.6 is 23.1 Å². The zero-order valence-electron chi connectivity index (χ0n) is 13.7. The molecule has 24 heavy (non-hydrogen) atoms. The number of carbonyl (C=O) groups is 1. The molecule has 4 rings (SSSR count). The van der Waals surface area contributed by atoms with Gasteiger partial charge in [0, 0.05) is 30.9 Å². The molecule has 2 unspecified atom stereocenters. The Bertz CT molecular complexity index is 706. The summed E-state index contributed by atoms with van der Waals surface area (Å²) in [5.74, 6) is 0.967. The quantitative estimate of drug-likeness (QED) is 0.821. The Kier molecular flexibility index (Phi) is 4.65. The van der Waals surface area contributed by atoms with Crippen molar-refractivity contribution in [1.29, 1.82) is 0 Å². The van der Waals surface area contributed by atoms with Crippen LogP contribution in [0.2, 0.25) is 0 Å². The first kappa shape index (κ1) is 16.2. The highest BCUT2D eigenvalue weighted by Crippen LogP contribution is 2.41. The Morgan fingerprint density at radius 1 is 1.50 bits per heavy atom. The van der Waals surface area contributed by atoms with Gasteiger partial charge in [0.25, 0.3) is 5.91 Å². The molecule has 0 aromatic carbocycles. The third kappa shape index (κ3) is 2.89. The number of amides is 1. The van der Waals surface area contributed by atoms with Gasteiger partial charge in [-0.05, 0) is 55.1 Å². The summed E-state index contributed by atoms with van der Waals surface area (Å²) in [6.45, 7) is 3.71. The Hall–Kier alpha value is -1.31. The van der Waals surface area contributed by atoms with E-state index in [4.69, 9.17) is 0 Å². The second-order valence-corrected chi connectivity index (χ2v) is 8.50. The summed E-state index contributed by atoms with van der Waals surface area (Å²) in [6.07, 6.45) is 6.26. The van der Waals surface area contributed by atoms with Gasteiger partial charge < -0.3 is 10.2 Å². The van der Waals surface area contributed by atoms with E-state index in [2.05, 4.69) is 32.0 Å². The predicted octanol–water partition coefficient (Wildman–Crippen LogP) is 2.78. The van der Waals surface area contributed by atoms with E-state index < -0.39 is 0 Å². The van der Waals surface area contributed by atoms with Crippen molar-refractivity contribution in [2.24, 2.45) is 5.92 Å². The number of hydrogen-bond donors (Lipinski definition) is 2. The van der Waals surface area contributed by atoms with E-state index in [0.717, 1.165) is 47.2 Å². The fourth-order valence-corrected chi connectivity index (χ4v) is 5.58. The number of aromatic amines is 1. The molecule has 0 saturated carbocycles. The van der Waals surface area contributed by atoms with E-state index in [-0.39, 0.29) is 11.8 Å². The largest absolute Gasteiger partial charge is 0.337 e. The molecule has 0 radical (unpaired) electrons. The number of carbonyl (C=O) groups excluding carboxylic acids is 1. The van der Waals surface area contributed by atoms with E-state index in [9.17, 15) is 4.79 Å². The van der Waals surface area contributed by atoms with Gasteiger partial charge in [0.2, 0.25) is 0 Å². The first-order valence-corrected chi connectivity index (χ1v) is 10.5. The van der Waals surface area contributed by atoms with Gasteiger partial charge in [-0.2, -0.15) is 5.10 Å². The molecule has 4 heterocycles. The van der Waals surface area contributed by atoms with Crippen LogP contribution in [-0.2, 0) is 0 Å². The maximum Gasteiger partial charge on any atom is 0.256 e. The minimum Gasteiger partial charge on any atom is -0.337 e.